The number of hydrogen-bond acceptors (Lipinski definition) is 2. The van der Waals surface area contributed by atoms with Crippen molar-refractivity contribution in [1.82, 2.24) is 5.32 Å². The summed E-state index contributed by atoms with van der Waals surface area (Å²) < 4.78 is 0. The predicted octanol–water partition coefficient (Wildman–Crippen LogP) is 1.47. The van der Waals surface area contributed by atoms with Crippen molar-refractivity contribution in [2.24, 2.45) is 0 Å². The molecule has 1 unspecified atom stereocenters. The van der Waals surface area contributed by atoms with Crippen molar-refractivity contribution in [2.45, 2.75) is 12.8 Å². The first-order valence-corrected chi connectivity index (χ1v) is 5.13. The topological polar surface area (TPSA) is 49.3 Å². The predicted molar refractivity (Wildman–Crippen MR) is 63.1 cm³/mol. The lowest BCUT2D eigenvalue weighted by atomic mass is 9.99. The fourth-order valence-corrected chi connectivity index (χ4v) is 1.40. The van der Waals surface area contributed by atoms with Crippen molar-refractivity contribution < 1.29 is 9.90 Å². The highest BCUT2D eigenvalue weighted by Gasteiger charge is 2.18. The van der Waals surface area contributed by atoms with E-state index in [4.69, 9.17) is 5.11 Å². The summed E-state index contributed by atoms with van der Waals surface area (Å²) in [6, 6.07) is 9.21. The molecule has 0 saturated carbocycles. The normalized spacial score (nSPS) is 11.3. The van der Waals surface area contributed by atoms with Gasteiger partial charge in [0.15, 0.2) is 0 Å². The number of rotatable bonds is 5. The SMILES string of the molecule is CC#CCNCC(C(=O)O)c1ccccc1. The fourth-order valence-electron chi connectivity index (χ4n) is 1.40. The quantitative estimate of drug-likeness (QED) is 0.580. The Labute approximate surface area is 95.5 Å². The molecule has 84 valence electrons. The van der Waals surface area contributed by atoms with Gasteiger partial charge in [0.25, 0.3) is 0 Å². The van der Waals surface area contributed by atoms with Gasteiger partial charge in [0, 0.05) is 6.54 Å². The Morgan fingerprint density at radius 1 is 1.44 bits per heavy atom. The Kier molecular flexibility index (Phi) is 5.10. The molecule has 0 spiro atoms. The maximum Gasteiger partial charge on any atom is 0.312 e. The summed E-state index contributed by atoms with van der Waals surface area (Å²) >= 11 is 0. The van der Waals surface area contributed by atoms with Crippen LogP contribution in [0, 0.1) is 11.8 Å². The number of nitrogens with one attached hydrogen (secondary N) is 1. The molecule has 2 N–H and O–H groups in total. The van der Waals surface area contributed by atoms with Gasteiger partial charge in [-0.05, 0) is 12.5 Å². The molecule has 3 nitrogen and oxygen atoms in total. The van der Waals surface area contributed by atoms with E-state index in [1.807, 2.05) is 30.3 Å². The Bertz CT molecular complexity index is 389. The van der Waals surface area contributed by atoms with E-state index in [0.29, 0.717) is 13.1 Å². The second-order valence-corrected chi connectivity index (χ2v) is 3.36. The lowest BCUT2D eigenvalue weighted by Crippen LogP contribution is -2.27. The molecule has 16 heavy (non-hydrogen) atoms. The van der Waals surface area contributed by atoms with E-state index in [1.165, 1.54) is 0 Å². The first-order valence-electron chi connectivity index (χ1n) is 5.13. The summed E-state index contributed by atoms with van der Waals surface area (Å²) in [5, 5.41) is 12.1. The molecule has 0 aliphatic heterocycles. The summed E-state index contributed by atoms with van der Waals surface area (Å²) in [5.41, 5.74) is 0.812. The maximum absolute atomic E-state index is 11.1. The van der Waals surface area contributed by atoms with Gasteiger partial charge in [0.05, 0.1) is 12.5 Å². The number of carboxylic acid groups (broad SMARTS) is 1. The number of hydrogen-bond donors (Lipinski definition) is 2. The highest BCUT2D eigenvalue weighted by atomic mass is 16.4. The zero-order chi connectivity index (χ0) is 11.8. The van der Waals surface area contributed by atoms with Crippen molar-refractivity contribution in [3.8, 4) is 11.8 Å². The fraction of sp³-hybridized carbons (Fsp3) is 0.308. The van der Waals surface area contributed by atoms with Crippen LogP contribution in [-0.4, -0.2) is 24.2 Å². The van der Waals surface area contributed by atoms with Gasteiger partial charge < -0.3 is 10.4 Å². The lowest BCUT2D eigenvalue weighted by Gasteiger charge is -2.12. The maximum atomic E-state index is 11.1. The molecular weight excluding hydrogens is 202 g/mol. The van der Waals surface area contributed by atoms with E-state index in [0.717, 1.165) is 5.56 Å². The van der Waals surface area contributed by atoms with E-state index in [9.17, 15) is 4.79 Å². The van der Waals surface area contributed by atoms with Gasteiger partial charge in [-0.25, -0.2) is 0 Å². The molecule has 1 atom stereocenters. The first kappa shape index (κ1) is 12.3. The molecule has 1 rings (SSSR count). The molecule has 0 saturated heterocycles. The van der Waals surface area contributed by atoms with Gasteiger partial charge in [-0.3, -0.25) is 4.79 Å². The van der Waals surface area contributed by atoms with Crippen molar-refractivity contribution in [3.63, 3.8) is 0 Å². The van der Waals surface area contributed by atoms with Gasteiger partial charge in [0.2, 0.25) is 0 Å². The highest BCUT2D eigenvalue weighted by Crippen LogP contribution is 2.14. The first-order chi connectivity index (χ1) is 7.75. The molecule has 0 bridgehead atoms. The number of carbonyl (C=O) groups is 1. The summed E-state index contributed by atoms with van der Waals surface area (Å²) in [4.78, 5) is 11.1. The third-order valence-electron chi connectivity index (χ3n) is 2.24. The minimum Gasteiger partial charge on any atom is -0.481 e. The zero-order valence-electron chi connectivity index (χ0n) is 9.23. The monoisotopic (exact) mass is 217 g/mol. The van der Waals surface area contributed by atoms with Gasteiger partial charge in [-0.2, -0.15) is 0 Å². The van der Waals surface area contributed by atoms with Crippen LogP contribution in [0.1, 0.15) is 18.4 Å². The van der Waals surface area contributed by atoms with Crippen LogP contribution in [0.4, 0.5) is 0 Å². The standard InChI is InChI=1S/C13H15NO2/c1-2-3-9-14-10-12(13(15)16)11-7-5-4-6-8-11/h4-8,12,14H,9-10H2,1H3,(H,15,16). The van der Waals surface area contributed by atoms with Crippen LogP contribution in [0.25, 0.3) is 0 Å². The van der Waals surface area contributed by atoms with E-state index in [-0.39, 0.29) is 0 Å². The highest BCUT2D eigenvalue weighted by molar-refractivity contribution is 5.76. The van der Waals surface area contributed by atoms with Gasteiger partial charge in [0.1, 0.15) is 0 Å². The Morgan fingerprint density at radius 3 is 2.69 bits per heavy atom. The third-order valence-corrected chi connectivity index (χ3v) is 2.24. The zero-order valence-corrected chi connectivity index (χ0v) is 9.23. The summed E-state index contributed by atoms with van der Waals surface area (Å²) in [6.45, 7) is 2.68. The van der Waals surface area contributed by atoms with Crippen molar-refractivity contribution in [2.75, 3.05) is 13.1 Å². The third kappa shape index (κ3) is 3.76. The van der Waals surface area contributed by atoms with Crippen LogP contribution in [0.3, 0.4) is 0 Å². The molecular formula is C13H15NO2. The molecule has 1 aromatic carbocycles. The van der Waals surface area contributed by atoms with Crippen LogP contribution >= 0.6 is 0 Å². The number of benzene rings is 1. The lowest BCUT2D eigenvalue weighted by molar-refractivity contribution is -0.138. The average Bonchev–Trinajstić information content (AvgIpc) is 2.30. The molecule has 3 heteroatoms. The summed E-state index contributed by atoms with van der Waals surface area (Å²) in [6.07, 6.45) is 0. The van der Waals surface area contributed by atoms with Crippen molar-refractivity contribution in [1.29, 1.82) is 0 Å². The summed E-state index contributed by atoms with van der Waals surface area (Å²) in [5.74, 6) is 4.26. The molecule has 0 aliphatic rings. The van der Waals surface area contributed by atoms with Crippen LogP contribution in [0.15, 0.2) is 30.3 Å². The molecule has 1 aromatic rings. The summed E-state index contributed by atoms with van der Waals surface area (Å²) in [7, 11) is 0. The van der Waals surface area contributed by atoms with Crippen LogP contribution in [-0.2, 0) is 4.79 Å². The van der Waals surface area contributed by atoms with Crippen molar-refractivity contribution >= 4 is 5.97 Å². The van der Waals surface area contributed by atoms with E-state index >= 15 is 0 Å². The van der Waals surface area contributed by atoms with E-state index in [1.54, 1.807) is 6.92 Å². The minimum absolute atomic E-state index is 0.397. The smallest absolute Gasteiger partial charge is 0.312 e. The van der Waals surface area contributed by atoms with Gasteiger partial charge in [-0.15, -0.1) is 5.92 Å². The second kappa shape index (κ2) is 6.65. The molecule has 0 amide bonds. The van der Waals surface area contributed by atoms with E-state index in [2.05, 4.69) is 17.2 Å². The molecule has 0 heterocycles. The van der Waals surface area contributed by atoms with Crippen molar-refractivity contribution in [3.05, 3.63) is 35.9 Å². The van der Waals surface area contributed by atoms with Crippen LogP contribution in [0.5, 0.6) is 0 Å². The van der Waals surface area contributed by atoms with Gasteiger partial charge >= 0.3 is 5.97 Å². The minimum atomic E-state index is -0.817. The van der Waals surface area contributed by atoms with Gasteiger partial charge in [-0.1, -0.05) is 36.3 Å². The molecule has 0 radical (unpaired) electrons. The Hall–Kier alpha value is -1.79. The Morgan fingerprint density at radius 2 is 2.12 bits per heavy atom. The number of carboxylic acids is 1. The Balaban J connectivity index is 2.61. The largest absolute Gasteiger partial charge is 0.481 e. The molecule has 0 aliphatic carbocycles. The second-order valence-electron chi connectivity index (χ2n) is 3.36. The molecule has 0 aromatic heterocycles. The number of aliphatic carboxylic acids is 1. The average molecular weight is 217 g/mol. The van der Waals surface area contributed by atoms with E-state index < -0.39 is 11.9 Å². The van der Waals surface area contributed by atoms with Crippen LogP contribution < -0.4 is 5.32 Å². The molecule has 0 fully saturated rings. The van der Waals surface area contributed by atoms with Crippen LogP contribution in [0.2, 0.25) is 0 Å².